The molecular formula is C18H19ClFN7. The summed E-state index contributed by atoms with van der Waals surface area (Å²) in [6.07, 6.45) is -0.401. The second-order valence-electron chi connectivity index (χ2n) is 6.68. The summed E-state index contributed by atoms with van der Waals surface area (Å²) < 4.78 is 13.9. The smallest absolute Gasteiger partial charge is 0.225 e. The molecule has 2 aromatic heterocycles. The van der Waals surface area contributed by atoms with Gasteiger partial charge in [0.2, 0.25) is 11.9 Å². The number of nitrogen functional groups attached to an aromatic ring is 2. The topological polar surface area (TPSA) is 107 Å². The highest BCUT2D eigenvalue weighted by molar-refractivity contribution is 6.35. The molecule has 140 valence electrons. The number of halogens is 2. The molecule has 0 aliphatic carbocycles. The van der Waals surface area contributed by atoms with Crippen molar-refractivity contribution in [2.75, 3.05) is 29.5 Å². The number of rotatable bonds is 3. The van der Waals surface area contributed by atoms with Crippen LogP contribution in [0.5, 0.6) is 0 Å². The molecule has 0 amide bonds. The Labute approximate surface area is 160 Å². The number of alkyl halides is 1. The summed E-state index contributed by atoms with van der Waals surface area (Å²) in [5.74, 6) is 0.990. The van der Waals surface area contributed by atoms with Gasteiger partial charge in [-0.3, -0.25) is 0 Å². The molecule has 7 nitrogen and oxygen atoms in total. The molecule has 1 saturated heterocycles. The predicted molar refractivity (Wildman–Crippen MR) is 105 cm³/mol. The van der Waals surface area contributed by atoms with Crippen LogP contribution in [0.4, 0.5) is 22.1 Å². The van der Waals surface area contributed by atoms with Gasteiger partial charge in [0.05, 0.1) is 17.1 Å². The van der Waals surface area contributed by atoms with Crippen molar-refractivity contribution in [3.8, 4) is 0 Å². The minimum absolute atomic E-state index is 0.0627. The van der Waals surface area contributed by atoms with Gasteiger partial charge in [0.1, 0.15) is 17.8 Å². The van der Waals surface area contributed by atoms with Crippen LogP contribution in [0.15, 0.2) is 24.3 Å². The first kappa shape index (κ1) is 17.7. The van der Waals surface area contributed by atoms with Crippen molar-refractivity contribution in [3.63, 3.8) is 0 Å². The minimum atomic E-state index is -0.875. The van der Waals surface area contributed by atoms with Crippen LogP contribution in [0.25, 0.3) is 10.9 Å². The first-order valence-electron chi connectivity index (χ1n) is 8.67. The monoisotopic (exact) mass is 387 g/mol. The van der Waals surface area contributed by atoms with E-state index in [1.54, 1.807) is 6.07 Å². The maximum atomic E-state index is 13.9. The summed E-state index contributed by atoms with van der Waals surface area (Å²) in [6, 6.07) is 7.59. The Morgan fingerprint density at radius 1 is 1.19 bits per heavy atom. The third kappa shape index (κ3) is 3.32. The van der Waals surface area contributed by atoms with Gasteiger partial charge in [-0.15, -0.1) is 0 Å². The molecule has 3 aromatic rings. The lowest BCUT2D eigenvalue weighted by molar-refractivity contribution is 0.364. The van der Waals surface area contributed by atoms with E-state index in [0.29, 0.717) is 41.7 Å². The quantitative estimate of drug-likeness (QED) is 0.711. The highest BCUT2D eigenvalue weighted by Gasteiger charge is 2.28. The van der Waals surface area contributed by atoms with Crippen molar-refractivity contribution >= 4 is 40.2 Å². The summed E-state index contributed by atoms with van der Waals surface area (Å²) in [5.41, 5.74) is 13.0. The average molecular weight is 388 g/mol. The number of benzene rings is 1. The number of para-hydroxylation sites is 1. The van der Waals surface area contributed by atoms with Gasteiger partial charge in [-0.25, -0.2) is 9.37 Å². The van der Waals surface area contributed by atoms with Gasteiger partial charge in [-0.05, 0) is 18.6 Å². The molecule has 27 heavy (non-hydrogen) atoms. The molecule has 0 bridgehead atoms. The third-order valence-corrected chi connectivity index (χ3v) is 5.08. The molecule has 1 aliphatic heterocycles. The summed E-state index contributed by atoms with van der Waals surface area (Å²) in [5, 5.41) is 1.44. The molecule has 4 rings (SSSR count). The Bertz CT molecular complexity index is 992. The first-order valence-corrected chi connectivity index (χ1v) is 9.05. The number of fused-ring (bicyclic) bond motifs is 1. The fourth-order valence-corrected chi connectivity index (χ4v) is 3.63. The number of nitrogens with zero attached hydrogens (tertiary/aromatic N) is 5. The zero-order valence-corrected chi connectivity index (χ0v) is 15.5. The summed E-state index contributed by atoms with van der Waals surface area (Å²) in [6.45, 7) is 2.82. The molecule has 1 aliphatic rings. The van der Waals surface area contributed by atoms with Crippen LogP contribution in [0.2, 0.25) is 5.02 Å². The SMILES string of the molecule is C[C@H](c1nc(N)nc(N)n1)c1cc2cccc(Cl)c2nc1N1CC[C@@H](F)C1. The minimum Gasteiger partial charge on any atom is -0.368 e. The lowest BCUT2D eigenvalue weighted by atomic mass is 9.98. The van der Waals surface area contributed by atoms with E-state index < -0.39 is 6.17 Å². The fraction of sp³-hybridized carbons (Fsp3) is 0.333. The fourth-order valence-electron chi connectivity index (χ4n) is 3.41. The standard InChI is InChI=1S/C18H19ClFN7/c1-9(15-24-17(21)26-18(22)25-15)12-7-10-3-2-4-13(19)14(10)23-16(12)27-6-5-11(20)8-27/h2-4,7,9,11H,5-6,8H2,1H3,(H4,21,22,24,25,26)/t9-,11+/m0/s1. The molecule has 0 saturated carbocycles. The molecule has 2 atom stereocenters. The van der Waals surface area contributed by atoms with Crippen molar-refractivity contribution in [3.05, 3.63) is 40.7 Å². The van der Waals surface area contributed by atoms with E-state index in [1.807, 2.05) is 30.0 Å². The van der Waals surface area contributed by atoms with Crippen LogP contribution in [-0.2, 0) is 0 Å². The Balaban J connectivity index is 1.89. The molecular weight excluding hydrogens is 369 g/mol. The van der Waals surface area contributed by atoms with Gasteiger partial charge in [0.25, 0.3) is 0 Å². The van der Waals surface area contributed by atoms with Gasteiger partial charge >= 0.3 is 0 Å². The number of aromatic nitrogens is 4. The average Bonchev–Trinajstić information content (AvgIpc) is 3.06. The number of nitrogens with two attached hydrogens (primary N) is 2. The Hall–Kier alpha value is -2.74. The second kappa shape index (κ2) is 6.77. The van der Waals surface area contributed by atoms with Crippen LogP contribution in [-0.4, -0.2) is 39.2 Å². The predicted octanol–water partition coefficient (Wildman–Crippen LogP) is 2.94. The molecule has 3 heterocycles. The highest BCUT2D eigenvalue weighted by Crippen LogP contribution is 2.36. The van der Waals surface area contributed by atoms with Gasteiger partial charge in [0.15, 0.2) is 0 Å². The van der Waals surface area contributed by atoms with E-state index in [-0.39, 0.29) is 17.8 Å². The molecule has 0 radical (unpaired) electrons. The van der Waals surface area contributed by atoms with Gasteiger partial charge in [-0.1, -0.05) is 30.7 Å². The molecule has 4 N–H and O–H groups in total. The lowest BCUT2D eigenvalue weighted by Gasteiger charge is -2.23. The molecule has 0 unspecified atom stereocenters. The van der Waals surface area contributed by atoms with Crippen LogP contribution >= 0.6 is 11.6 Å². The summed E-state index contributed by atoms with van der Waals surface area (Å²) in [7, 11) is 0. The van der Waals surface area contributed by atoms with Crippen molar-refractivity contribution in [2.45, 2.75) is 25.4 Å². The van der Waals surface area contributed by atoms with Crippen molar-refractivity contribution in [2.24, 2.45) is 0 Å². The van der Waals surface area contributed by atoms with Crippen molar-refractivity contribution < 1.29 is 4.39 Å². The zero-order chi connectivity index (χ0) is 19.1. The van der Waals surface area contributed by atoms with E-state index in [0.717, 1.165) is 10.9 Å². The van der Waals surface area contributed by atoms with Gasteiger partial charge < -0.3 is 16.4 Å². The maximum Gasteiger partial charge on any atom is 0.225 e. The second-order valence-corrected chi connectivity index (χ2v) is 7.08. The van der Waals surface area contributed by atoms with Crippen molar-refractivity contribution in [1.29, 1.82) is 0 Å². The normalized spacial score (nSPS) is 18.2. The molecule has 1 aromatic carbocycles. The van der Waals surface area contributed by atoms with E-state index in [4.69, 9.17) is 28.1 Å². The molecule has 9 heteroatoms. The van der Waals surface area contributed by atoms with E-state index in [2.05, 4.69) is 15.0 Å². The van der Waals surface area contributed by atoms with E-state index >= 15 is 0 Å². The van der Waals surface area contributed by atoms with Crippen LogP contribution in [0, 0.1) is 0 Å². The summed E-state index contributed by atoms with van der Waals surface area (Å²) in [4.78, 5) is 19.0. The summed E-state index contributed by atoms with van der Waals surface area (Å²) >= 11 is 6.33. The Kier molecular flexibility index (Phi) is 4.43. The van der Waals surface area contributed by atoms with Gasteiger partial charge in [0, 0.05) is 23.4 Å². The lowest BCUT2D eigenvalue weighted by Crippen LogP contribution is -2.24. The number of anilines is 3. The van der Waals surface area contributed by atoms with Crippen LogP contribution < -0.4 is 16.4 Å². The van der Waals surface area contributed by atoms with E-state index in [9.17, 15) is 4.39 Å². The third-order valence-electron chi connectivity index (χ3n) is 4.78. The largest absolute Gasteiger partial charge is 0.368 e. The first-order chi connectivity index (χ1) is 12.9. The van der Waals surface area contributed by atoms with Gasteiger partial charge in [-0.2, -0.15) is 15.0 Å². The Morgan fingerprint density at radius 3 is 2.59 bits per heavy atom. The molecule has 1 fully saturated rings. The number of pyridine rings is 1. The number of hydrogen-bond acceptors (Lipinski definition) is 7. The van der Waals surface area contributed by atoms with Crippen LogP contribution in [0.1, 0.15) is 30.7 Å². The zero-order valence-electron chi connectivity index (χ0n) is 14.7. The van der Waals surface area contributed by atoms with Crippen LogP contribution in [0.3, 0.4) is 0 Å². The Morgan fingerprint density at radius 2 is 1.93 bits per heavy atom. The van der Waals surface area contributed by atoms with Crippen molar-refractivity contribution in [1.82, 2.24) is 19.9 Å². The van der Waals surface area contributed by atoms with E-state index in [1.165, 1.54) is 0 Å². The highest BCUT2D eigenvalue weighted by atomic mass is 35.5. The maximum absolute atomic E-state index is 13.9. The molecule has 0 spiro atoms. The number of hydrogen-bond donors (Lipinski definition) is 2.